The lowest BCUT2D eigenvalue weighted by Crippen LogP contribution is -1.95. The van der Waals surface area contributed by atoms with Crippen LogP contribution in [-0.2, 0) is 9.53 Å². The van der Waals surface area contributed by atoms with Crippen LogP contribution >= 0.6 is 11.6 Å². The third-order valence-electron chi connectivity index (χ3n) is 3.22. The monoisotopic (exact) mass is 333 g/mol. The molecular formula is C17H16ClNO4. The van der Waals surface area contributed by atoms with Crippen molar-refractivity contribution >= 4 is 29.9 Å². The molecule has 0 saturated carbocycles. The van der Waals surface area contributed by atoms with Crippen LogP contribution in [0.5, 0.6) is 11.5 Å². The van der Waals surface area contributed by atoms with Gasteiger partial charge in [-0.1, -0.05) is 11.6 Å². The second-order valence-corrected chi connectivity index (χ2v) is 5.07. The minimum Gasteiger partial charge on any atom is -0.497 e. The Balaban J connectivity index is 2.53. The summed E-state index contributed by atoms with van der Waals surface area (Å²) >= 11 is 5.86. The zero-order valence-corrected chi connectivity index (χ0v) is 13.8. The van der Waals surface area contributed by atoms with Gasteiger partial charge in [-0.05, 0) is 42.3 Å². The Labute approximate surface area is 139 Å². The number of rotatable bonds is 6. The normalized spacial score (nSPS) is 11.0. The van der Waals surface area contributed by atoms with E-state index in [0.717, 1.165) is 11.1 Å². The molecule has 0 atom stereocenters. The molecule has 1 aromatic carbocycles. The molecule has 0 aliphatic rings. The molecule has 0 aliphatic heterocycles. The summed E-state index contributed by atoms with van der Waals surface area (Å²) in [6, 6.07) is 6.96. The second-order valence-electron chi connectivity index (χ2n) is 4.69. The Bertz CT molecular complexity index is 721. The summed E-state index contributed by atoms with van der Waals surface area (Å²) in [5, 5.41) is 0.403. The Morgan fingerprint density at radius 2 is 1.78 bits per heavy atom. The quantitative estimate of drug-likeness (QED) is 0.458. The van der Waals surface area contributed by atoms with Gasteiger partial charge in [0.05, 0.1) is 14.2 Å². The molecule has 1 aromatic heterocycles. The van der Waals surface area contributed by atoms with E-state index in [1.165, 1.54) is 0 Å². The van der Waals surface area contributed by atoms with Gasteiger partial charge in [0.2, 0.25) is 0 Å². The van der Waals surface area contributed by atoms with Gasteiger partial charge in [-0.25, -0.2) is 4.98 Å². The molecule has 120 valence electrons. The van der Waals surface area contributed by atoms with E-state index in [0.29, 0.717) is 34.4 Å². The Kier molecular flexibility index (Phi) is 5.60. The topological polar surface area (TPSA) is 57.6 Å². The first-order valence-corrected chi connectivity index (χ1v) is 7.12. The molecule has 0 amide bonds. The maximum Gasteiger partial charge on any atom is 0.298 e. The molecule has 0 saturated heterocycles. The minimum absolute atomic E-state index is 0.351. The number of hydrogen-bond acceptors (Lipinski definition) is 5. The lowest BCUT2D eigenvalue weighted by molar-refractivity contribution is -0.122. The summed E-state index contributed by atoms with van der Waals surface area (Å²) in [4.78, 5) is 14.9. The van der Waals surface area contributed by atoms with E-state index in [-0.39, 0.29) is 0 Å². The van der Waals surface area contributed by atoms with Crippen molar-refractivity contribution in [1.29, 1.82) is 0 Å². The maximum atomic E-state index is 10.9. The van der Waals surface area contributed by atoms with Crippen LogP contribution in [0.1, 0.15) is 16.7 Å². The van der Waals surface area contributed by atoms with Gasteiger partial charge in [-0.3, -0.25) is 4.79 Å². The molecule has 2 aromatic rings. The van der Waals surface area contributed by atoms with E-state index < -0.39 is 0 Å². The molecule has 2 rings (SSSR count). The second kappa shape index (κ2) is 7.65. The van der Waals surface area contributed by atoms with E-state index in [9.17, 15) is 4.79 Å². The van der Waals surface area contributed by atoms with Gasteiger partial charge in [-0.2, -0.15) is 0 Å². The Morgan fingerprint density at radius 3 is 2.30 bits per heavy atom. The number of ether oxygens (including phenoxy) is 3. The van der Waals surface area contributed by atoms with E-state index in [4.69, 9.17) is 25.8 Å². The number of pyridine rings is 1. The van der Waals surface area contributed by atoms with Crippen molar-refractivity contribution in [3.8, 4) is 11.5 Å². The molecular weight excluding hydrogens is 318 g/mol. The first-order valence-electron chi connectivity index (χ1n) is 6.75. The number of carbonyl (C=O) groups excluding carboxylic acids is 1. The molecule has 0 aliphatic carbocycles. The number of nitrogens with zero attached hydrogens (tertiary/aromatic N) is 1. The van der Waals surface area contributed by atoms with Crippen molar-refractivity contribution in [2.45, 2.75) is 6.92 Å². The van der Waals surface area contributed by atoms with Crippen LogP contribution in [0.3, 0.4) is 0 Å². The highest BCUT2D eigenvalue weighted by Gasteiger charge is 2.10. The molecule has 0 fully saturated rings. The van der Waals surface area contributed by atoms with Gasteiger partial charge >= 0.3 is 0 Å². The number of carbonyl (C=O) groups is 1. The van der Waals surface area contributed by atoms with E-state index in [2.05, 4.69) is 4.98 Å². The molecule has 0 spiro atoms. The van der Waals surface area contributed by atoms with Crippen LogP contribution in [0, 0.1) is 6.92 Å². The number of aromatic nitrogens is 1. The molecule has 23 heavy (non-hydrogen) atoms. The van der Waals surface area contributed by atoms with Crippen molar-refractivity contribution in [1.82, 2.24) is 4.98 Å². The van der Waals surface area contributed by atoms with E-state index in [1.54, 1.807) is 50.8 Å². The standard InChI is InChI=1S/C17H16ClNO4/c1-11-4-17(18)19-9-13(11)7-16(23-10-20)12-5-14(21-2)8-15(6-12)22-3/h4-10H,1-3H3/b16-7-. The summed E-state index contributed by atoms with van der Waals surface area (Å²) in [7, 11) is 3.10. The highest BCUT2D eigenvalue weighted by Crippen LogP contribution is 2.29. The van der Waals surface area contributed by atoms with Crippen LogP contribution < -0.4 is 9.47 Å². The summed E-state index contributed by atoms with van der Waals surface area (Å²) in [6.45, 7) is 2.26. The summed E-state index contributed by atoms with van der Waals surface area (Å²) < 4.78 is 15.6. The molecule has 1 heterocycles. The van der Waals surface area contributed by atoms with Gasteiger partial charge in [0, 0.05) is 17.8 Å². The van der Waals surface area contributed by atoms with Crippen LogP contribution in [0.15, 0.2) is 30.5 Å². The predicted molar refractivity (Wildman–Crippen MR) is 88.6 cm³/mol. The van der Waals surface area contributed by atoms with Crippen molar-refractivity contribution in [3.63, 3.8) is 0 Å². The number of methoxy groups -OCH3 is 2. The number of benzene rings is 1. The Morgan fingerprint density at radius 1 is 1.13 bits per heavy atom. The third-order valence-corrected chi connectivity index (χ3v) is 3.42. The fraction of sp³-hybridized carbons (Fsp3) is 0.176. The minimum atomic E-state index is 0.351. The first-order chi connectivity index (χ1) is 11.1. The molecule has 5 nitrogen and oxygen atoms in total. The van der Waals surface area contributed by atoms with Crippen LogP contribution in [0.2, 0.25) is 5.15 Å². The largest absolute Gasteiger partial charge is 0.497 e. The number of halogens is 1. The average molecular weight is 334 g/mol. The number of aryl methyl sites for hydroxylation is 1. The summed E-state index contributed by atoms with van der Waals surface area (Å²) in [5.41, 5.74) is 2.34. The fourth-order valence-electron chi connectivity index (χ4n) is 2.01. The average Bonchev–Trinajstić information content (AvgIpc) is 2.56. The van der Waals surface area contributed by atoms with Gasteiger partial charge in [0.1, 0.15) is 22.4 Å². The van der Waals surface area contributed by atoms with Gasteiger partial charge < -0.3 is 14.2 Å². The SMILES string of the molecule is COc1cc(OC)cc(/C(=C/c2cnc(Cl)cc2C)OC=O)c1. The van der Waals surface area contributed by atoms with Gasteiger partial charge in [0.15, 0.2) is 0 Å². The molecule has 0 unspecified atom stereocenters. The van der Waals surface area contributed by atoms with Crippen LogP contribution in [0.25, 0.3) is 11.8 Å². The fourth-order valence-corrected chi connectivity index (χ4v) is 2.22. The maximum absolute atomic E-state index is 10.9. The van der Waals surface area contributed by atoms with Gasteiger partial charge in [0.25, 0.3) is 6.47 Å². The van der Waals surface area contributed by atoms with Crippen molar-refractivity contribution in [2.24, 2.45) is 0 Å². The zero-order valence-electron chi connectivity index (χ0n) is 13.0. The molecule has 0 radical (unpaired) electrons. The lowest BCUT2D eigenvalue weighted by Gasteiger charge is -2.11. The highest BCUT2D eigenvalue weighted by atomic mass is 35.5. The zero-order chi connectivity index (χ0) is 16.8. The number of hydrogen-bond donors (Lipinski definition) is 0. The highest BCUT2D eigenvalue weighted by molar-refractivity contribution is 6.29. The van der Waals surface area contributed by atoms with E-state index >= 15 is 0 Å². The molecule has 6 heteroatoms. The van der Waals surface area contributed by atoms with Crippen LogP contribution in [0.4, 0.5) is 0 Å². The molecule has 0 N–H and O–H groups in total. The molecule has 0 bridgehead atoms. The summed E-state index contributed by atoms with van der Waals surface area (Å²) in [5.74, 6) is 1.53. The van der Waals surface area contributed by atoms with Crippen molar-refractivity contribution in [3.05, 3.63) is 52.3 Å². The first kappa shape index (κ1) is 16.8. The third kappa shape index (κ3) is 4.23. The van der Waals surface area contributed by atoms with E-state index in [1.807, 2.05) is 6.92 Å². The predicted octanol–water partition coefficient (Wildman–Crippen LogP) is 3.73. The Hall–Kier alpha value is -2.53. The summed E-state index contributed by atoms with van der Waals surface area (Å²) in [6.07, 6.45) is 3.32. The van der Waals surface area contributed by atoms with Crippen molar-refractivity contribution < 1.29 is 19.0 Å². The van der Waals surface area contributed by atoms with Crippen LogP contribution in [-0.4, -0.2) is 25.7 Å². The van der Waals surface area contributed by atoms with Crippen molar-refractivity contribution in [2.75, 3.05) is 14.2 Å². The lowest BCUT2D eigenvalue weighted by atomic mass is 10.1. The van der Waals surface area contributed by atoms with Gasteiger partial charge in [-0.15, -0.1) is 0 Å². The smallest absolute Gasteiger partial charge is 0.298 e.